The summed E-state index contributed by atoms with van der Waals surface area (Å²) < 4.78 is 0. The molecule has 1 aromatic carbocycles. The van der Waals surface area contributed by atoms with Gasteiger partial charge in [-0.15, -0.1) is 0 Å². The number of rotatable bonds is 3. The predicted molar refractivity (Wildman–Crippen MR) is 78.0 cm³/mol. The highest BCUT2D eigenvalue weighted by molar-refractivity contribution is 5.98. The average molecular weight is 273 g/mol. The molecule has 20 heavy (non-hydrogen) atoms. The molecule has 5 nitrogen and oxygen atoms in total. The highest BCUT2D eigenvalue weighted by atomic mass is 16.2. The first-order valence-corrected chi connectivity index (χ1v) is 6.57. The fourth-order valence-corrected chi connectivity index (χ4v) is 2.44. The number of carbonyl (C=O) groups is 2. The van der Waals surface area contributed by atoms with Crippen LogP contribution in [0.4, 0.5) is 0 Å². The number of likely N-dealkylation sites (N-methyl/N-ethyl adjacent to an activating group) is 1. The molecular weight excluding hydrogens is 254 g/mol. The van der Waals surface area contributed by atoms with Crippen LogP contribution in [0.5, 0.6) is 0 Å². The zero-order chi connectivity index (χ0) is 14.7. The molecule has 2 amide bonds. The van der Waals surface area contributed by atoms with E-state index in [1.54, 1.807) is 30.2 Å². The van der Waals surface area contributed by atoms with E-state index >= 15 is 0 Å². The van der Waals surface area contributed by atoms with E-state index < -0.39 is 6.04 Å². The van der Waals surface area contributed by atoms with Gasteiger partial charge in [0.1, 0.15) is 6.04 Å². The third kappa shape index (κ3) is 2.72. The van der Waals surface area contributed by atoms with Crippen molar-refractivity contribution in [3.63, 3.8) is 0 Å². The number of nitrogens with one attached hydrogen (secondary N) is 1. The first kappa shape index (κ1) is 14.3. The SMILES string of the molecule is C=Cc1ccc(C(=O)N2C[C@@H](N)C[C@H]2C(=O)NC)cc1. The quantitative estimate of drug-likeness (QED) is 0.847. The number of amides is 2. The molecule has 0 aliphatic carbocycles. The predicted octanol–water partition coefficient (Wildman–Crippen LogP) is 0.617. The molecule has 3 N–H and O–H groups in total. The Morgan fingerprint density at radius 3 is 2.60 bits per heavy atom. The van der Waals surface area contributed by atoms with Gasteiger partial charge in [-0.05, 0) is 24.1 Å². The van der Waals surface area contributed by atoms with Gasteiger partial charge in [-0.3, -0.25) is 9.59 Å². The van der Waals surface area contributed by atoms with E-state index in [1.807, 2.05) is 12.1 Å². The van der Waals surface area contributed by atoms with Crippen LogP contribution in [0, 0.1) is 0 Å². The lowest BCUT2D eigenvalue weighted by Crippen LogP contribution is -2.45. The lowest BCUT2D eigenvalue weighted by molar-refractivity contribution is -0.124. The number of likely N-dealkylation sites (tertiary alicyclic amines) is 1. The Morgan fingerprint density at radius 1 is 1.40 bits per heavy atom. The lowest BCUT2D eigenvalue weighted by Gasteiger charge is -2.23. The largest absolute Gasteiger partial charge is 0.357 e. The Hall–Kier alpha value is -2.14. The van der Waals surface area contributed by atoms with Crippen LogP contribution in [0.2, 0.25) is 0 Å². The number of nitrogens with two attached hydrogens (primary N) is 1. The summed E-state index contributed by atoms with van der Waals surface area (Å²) >= 11 is 0. The molecule has 2 rings (SSSR count). The minimum absolute atomic E-state index is 0.159. The summed E-state index contributed by atoms with van der Waals surface area (Å²) in [7, 11) is 1.56. The summed E-state index contributed by atoms with van der Waals surface area (Å²) in [6, 6.07) is 6.49. The molecule has 0 saturated carbocycles. The van der Waals surface area contributed by atoms with Crippen LogP contribution in [0.1, 0.15) is 22.3 Å². The minimum atomic E-state index is -0.485. The van der Waals surface area contributed by atoms with Crippen LogP contribution in [-0.4, -0.2) is 42.4 Å². The zero-order valence-electron chi connectivity index (χ0n) is 11.5. The third-order valence-corrected chi connectivity index (χ3v) is 3.54. The Balaban J connectivity index is 2.21. The van der Waals surface area contributed by atoms with Crippen molar-refractivity contribution in [3.8, 4) is 0 Å². The van der Waals surface area contributed by atoms with Crippen molar-refractivity contribution in [2.24, 2.45) is 5.73 Å². The van der Waals surface area contributed by atoms with E-state index in [0.717, 1.165) is 5.56 Å². The molecule has 106 valence electrons. The van der Waals surface area contributed by atoms with Gasteiger partial charge < -0.3 is 16.0 Å². The van der Waals surface area contributed by atoms with Gasteiger partial charge in [0.25, 0.3) is 5.91 Å². The summed E-state index contributed by atoms with van der Waals surface area (Å²) in [5.41, 5.74) is 7.38. The molecule has 5 heteroatoms. The maximum absolute atomic E-state index is 12.5. The van der Waals surface area contributed by atoms with Gasteiger partial charge in [0.2, 0.25) is 5.91 Å². The van der Waals surface area contributed by atoms with Crippen molar-refractivity contribution >= 4 is 17.9 Å². The third-order valence-electron chi connectivity index (χ3n) is 3.54. The number of hydrogen-bond donors (Lipinski definition) is 2. The van der Waals surface area contributed by atoms with Gasteiger partial charge in [-0.25, -0.2) is 0 Å². The van der Waals surface area contributed by atoms with Crippen molar-refractivity contribution in [1.29, 1.82) is 0 Å². The molecule has 1 fully saturated rings. The number of hydrogen-bond acceptors (Lipinski definition) is 3. The van der Waals surface area contributed by atoms with Gasteiger partial charge >= 0.3 is 0 Å². The normalized spacial score (nSPS) is 21.6. The van der Waals surface area contributed by atoms with Crippen molar-refractivity contribution in [3.05, 3.63) is 42.0 Å². The fourth-order valence-electron chi connectivity index (χ4n) is 2.44. The molecule has 0 radical (unpaired) electrons. The topological polar surface area (TPSA) is 75.4 Å². The lowest BCUT2D eigenvalue weighted by atomic mass is 10.1. The molecule has 0 bridgehead atoms. The maximum atomic E-state index is 12.5. The number of benzene rings is 1. The second-order valence-electron chi connectivity index (χ2n) is 4.91. The van der Waals surface area contributed by atoms with Crippen LogP contribution < -0.4 is 11.1 Å². The average Bonchev–Trinajstić information content (AvgIpc) is 2.87. The maximum Gasteiger partial charge on any atom is 0.254 e. The van der Waals surface area contributed by atoms with E-state index in [0.29, 0.717) is 18.5 Å². The summed E-state index contributed by atoms with van der Waals surface area (Å²) in [6.45, 7) is 4.08. The molecule has 1 aromatic rings. The number of nitrogens with zero attached hydrogens (tertiary/aromatic N) is 1. The summed E-state index contributed by atoms with van der Waals surface area (Å²) in [6.07, 6.45) is 2.21. The summed E-state index contributed by atoms with van der Waals surface area (Å²) in [4.78, 5) is 25.9. The van der Waals surface area contributed by atoms with Crippen LogP contribution >= 0.6 is 0 Å². The highest BCUT2D eigenvalue weighted by Crippen LogP contribution is 2.20. The minimum Gasteiger partial charge on any atom is -0.357 e. The Bertz CT molecular complexity index is 524. The number of carbonyl (C=O) groups excluding carboxylic acids is 2. The van der Waals surface area contributed by atoms with Crippen LogP contribution in [-0.2, 0) is 4.79 Å². The smallest absolute Gasteiger partial charge is 0.254 e. The molecule has 1 heterocycles. The zero-order valence-corrected chi connectivity index (χ0v) is 11.5. The van der Waals surface area contributed by atoms with Crippen molar-refractivity contribution < 1.29 is 9.59 Å². The monoisotopic (exact) mass is 273 g/mol. The first-order valence-electron chi connectivity index (χ1n) is 6.57. The van der Waals surface area contributed by atoms with Gasteiger partial charge in [0.15, 0.2) is 0 Å². The van der Waals surface area contributed by atoms with Gasteiger partial charge in [-0.1, -0.05) is 24.8 Å². The Labute approximate surface area is 118 Å². The molecule has 1 aliphatic rings. The summed E-state index contributed by atoms with van der Waals surface area (Å²) in [5, 5.41) is 2.58. The van der Waals surface area contributed by atoms with Gasteiger partial charge in [0.05, 0.1) is 0 Å². The Morgan fingerprint density at radius 2 is 2.05 bits per heavy atom. The van der Waals surface area contributed by atoms with Crippen LogP contribution in [0.15, 0.2) is 30.8 Å². The van der Waals surface area contributed by atoms with Crippen molar-refractivity contribution in [1.82, 2.24) is 10.2 Å². The molecule has 1 saturated heterocycles. The highest BCUT2D eigenvalue weighted by Gasteiger charge is 2.37. The van der Waals surface area contributed by atoms with E-state index in [9.17, 15) is 9.59 Å². The van der Waals surface area contributed by atoms with Crippen LogP contribution in [0.25, 0.3) is 6.08 Å². The molecule has 1 aliphatic heterocycles. The molecule has 0 aromatic heterocycles. The second kappa shape index (κ2) is 5.88. The van der Waals surface area contributed by atoms with Crippen LogP contribution in [0.3, 0.4) is 0 Å². The summed E-state index contributed by atoms with van der Waals surface area (Å²) in [5.74, 6) is -0.337. The molecule has 2 atom stereocenters. The second-order valence-corrected chi connectivity index (χ2v) is 4.91. The fraction of sp³-hybridized carbons (Fsp3) is 0.333. The van der Waals surface area contributed by atoms with Crippen molar-refractivity contribution in [2.75, 3.05) is 13.6 Å². The molecule has 0 spiro atoms. The van der Waals surface area contributed by atoms with E-state index in [1.165, 1.54) is 0 Å². The van der Waals surface area contributed by atoms with Crippen molar-refractivity contribution in [2.45, 2.75) is 18.5 Å². The Kier molecular flexibility index (Phi) is 4.20. The van der Waals surface area contributed by atoms with E-state index in [-0.39, 0.29) is 17.9 Å². The van der Waals surface area contributed by atoms with Gasteiger partial charge in [0, 0.05) is 25.2 Å². The van der Waals surface area contributed by atoms with Gasteiger partial charge in [-0.2, -0.15) is 0 Å². The molecular formula is C15H19N3O2. The first-order chi connectivity index (χ1) is 9.56. The van der Waals surface area contributed by atoms with E-state index in [2.05, 4.69) is 11.9 Å². The molecule has 0 unspecified atom stereocenters. The standard InChI is InChI=1S/C15H19N3O2/c1-3-10-4-6-11(7-5-10)15(20)18-9-12(16)8-13(18)14(19)17-2/h3-7,12-13H,1,8-9,16H2,2H3,(H,17,19)/t12-,13-/m0/s1. The van der Waals surface area contributed by atoms with E-state index in [4.69, 9.17) is 5.73 Å².